The molecule has 1 fully saturated rings. The van der Waals surface area contributed by atoms with Crippen LogP contribution in [0.25, 0.3) is 11.4 Å². The van der Waals surface area contributed by atoms with E-state index in [2.05, 4.69) is 22.1 Å². The molecule has 0 atom stereocenters. The Hall–Kier alpha value is -1.75. The van der Waals surface area contributed by atoms with Gasteiger partial charge in [-0.25, -0.2) is 4.39 Å². The van der Waals surface area contributed by atoms with E-state index < -0.39 is 0 Å². The van der Waals surface area contributed by atoms with Crippen molar-refractivity contribution in [1.82, 2.24) is 15.0 Å². The van der Waals surface area contributed by atoms with E-state index in [1.54, 1.807) is 13.0 Å². The van der Waals surface area contributed by atoms with Crippen LogP contribution >= 0.6 is 0 Å². The van der Waals surface area contributed by atoms with Crippen LogP contribution in [0.2, 0.25) is 0 Å². The number of benzene rings is 1. The summed E-state index contributed by atoms with van der Waals surface area (Å²) in [6, 6.07) is 5.60. The van der Waals surface area contributed by atoms with Crippen LogP contribution in [-0.2, 0) is 6.54 Å². The Morgan fingerprint density at radius 3 is 2.65 bits per heavy atom. The molecule has 1 aliphatic carbocycles. The minimum Gasteiger partial charge on any atom is -0.338 e. The Morgan fingerprint density at radius 1 is 1.22 bits per heavy atom. The van der Waals surface area contributed by atoms with E-state index in [0.29, 0.717) is 35.4 Å². The van der Waals surface area contributed by atoms with Gasteiger partial charge in [0.05, 0.1) is 6.54 Å². The van der Waals surface area contributed by atoms with Gasteiger partial charge in [0.15, 0.2) is 0 Å². The number of rotatable bonds is 4. The fourth-order valence-corrected chi connectivity index (χ4v) is 3.21. The van der Waals surface area contributed by atoms with Crippen molar-refractivity contribution >= 4 is 0 Å². The predicted octanol–water partition coefficient (Wildman–Crippen LogP) is 4.34. The zero-order chi connectivity index (χ0) is 16.2. The molecule has 0 N–H and O–H groups in total. The average molecular weight is 317 g/mol. The highest BCUT2D eigenvalue weighted by Gasteiger charge is 2.19. The zero-order valence-corrected chi connectivity index (χ0v) is 13.9. The maximum atomic E-state index is 13.7. The van der Waals surface area contributed by atoms with Crippen LogP contribution in [0.3, 0.4) is 0 Å². The van der Waals surface area contributed by atoms with Gasteiger partial charge in [-0.2, -0.15) is 4.98 Å². The lowest BCUT2D eigenvalue weighted by Crippen LogP contribution is -2.30. The number of nitrogens with zero attached hydrogens (tertiary/aromatic N) is 3. The fourth-order valence-electron chi connectivity index (χ4n) is 3.21. The number of aryl methyl sites for hydroxylation is 1. The molecule has 0 aliphatic heterocycles. The summed E-state index contributed by atoms with van der Waals surface area (Å²) in [4.78, 5) is 6.73. The van der Waals surface area contributed by atoms with E-state index in [1.165, 1.54) is 44.6 Å². The molecule has 0 radical (unpaired) electrons. The van der Waals surface area contributed by atoms with Crippen molar-refractivity contribution in [2.24, 2.45) is 0 Å². The first-order valence-electron chi connectivity index (χ1n) is 8.43. The van der Waals surface area contributed by atoms with Gasteiger partial charge in [-0.15, -0.1) is 0 Å². The van der Waals surface area contributed by atoms with Crippen LogP contribution in [0.5, 0.6) is 0 Å². The lowest BCUT2D eigenvalue weighted by Gasteiger charge is -2.25. The number of aromatic nitrogens is 2. The number of hydrogen-bond donors (Lipinski definition) is 0. The molecule has 0 amide bonds. The second kappa shape index (κ2) is 7.21. The van der Waals surface area contributed by atoms with Crippen molar-refractivity contribution in [1.29, 1.82) is 0 Å². The third kappa shape index (κ3) is 3.96. The van der Waals surface area contributed by atoms with Gasteiger partial charge in [0.25, 0.3) is 0 Å². The van der Waals surface area contributed by atoms with E-state index in [4.69, 9.17) is 4.52 Å². The van der Waals surface area contributed by atoms with Gasteiger partial charge in [-0.05, 0) is 38.4 Å². The summed E-state index contributed by atoms with van der Waals surface area (Å²) in [5, 5.41) is 3.99. The summed E-state index contributed by atoms with van der Waals surface area (Å²) in [6.07, 6.45) is 7.75. The lowest BCUT2D eigenvalue weighted by atomic mass is 10.1. The molecular formula is C18H24FN3O. The summed E-state index contributed by atoms with van der Waals surface area (Å²) in [7, 11) is 2.12. The fraction of sp³-hybridized carbons (Fsp3) is 0.556. The van der Waals surface area contributed by atoms with E-state index in [-0.39, 0.29) is 5.82 Å². The Balaban J connectivity index is 1.67. The minimum atomic E-state index is -0.246. The monoisotopic (exact) mass is 317 g/mol. The first-order valence-corrected chi connectivity index (χ1v) is 8.43. The van der Waals surface area contributed by atoms with Crippen molar-refractivity contribution in [3.05, 3.63) is 35.5 Å². The van der Waals surface area contributed by atoms with Crippen LogP contribution in [0.4, 0.5) is 4.39 Å². The molecular weight excluding hydrogens is 293 g/mol. The van der Waals surface area contributed by atoms with Gasteiger partial charge in [0, 0.05) is 11.6 Å². The Labute approximate surface area is 136 Å². The van der Waals surface area contributed by atoms with Gasteiger partial charge in [0.1, 0.15) is 5.82 Å². The largest absolute Gasteiger partial charge is 0.338 e. The molecule has 0 bridgehead atoms. The molecule has 0 saturated heterocycles. The van der Waals surface area contributed by atoms with Crippen LogP contribution in [0.15, 0.2) is 22.7 Å². The van der Waals surface area contributed by atoms with Crippen LogP contribution in [0, 0.1) is 12.7 Å². The second-order valence-electron chi connectivity index (χ2n) is 6.54. The standard InChI is InChI=1S/C18H24FN3O/c1-13-9-10-14(11-16(13)19)18-20-17(23-21-18)12-22(2)15-7-5-3-4-6-8-15/h9-11,15H,3-8,12H2,1-2H3. The molecule has 124 valence electrons. The molecule has 1 aromatic heterocycles. The minimum absolute atomic E-state index is 0.246. The van der Waals surface area contributed by atoms with E-state index in [9.17, 15) is 4.39 Å². The number of hydrogen-bond acceptors (Lipinski definition) is 4. The summed E-state index contributed by atoms with van der Waals surface area (Å²) >= 11 is 0. The molecule has 23 heavy (non-hydrogen) atoms. The predicted molar refractivity (Wildman–Crippen MR) is 87.4 cm³/mol. The van der Waals surface area contributed by atoms with Gasteiger partial charge in [-0.1, -0.05) is 43.0 Å². The summed E-state index contributed by atoms with van der Waals surface area (Å²) < 4.78 is 19.0. The molecule has 3 rings (SSSR count). The van der Waals surface area contributed by atoms with Gasteiger partial charge < -0.3 is 4.52 Å². The van der Waals surface area contributed by atoms with Crippen molar-refractivity contribution in [2.45, 2.75) is 58.0 Å². The Kier molecular flexibility index (Phi) is 5.06. The Morgan fingerprint density at radius 2 is 1.96 bits per heavy atom. The first-order chi connectivity index (χ1) is 11.1. The normalized spacial score (nSPS) is 16.7. The van der Waals surface area contributed by atoms with Crippen molar-refractivity contribution in [3.63, 3.8) is 0 Å². The Bertz CT molecular complexity index is 647. The molecule has 4 nitrogen and oxygen atoms in total. The smallest absolute Gasteiger partial charge is 0.241 e. The van der Waals surface area contributed by atoms with E-state index in [0.717, 1.165) is 0 Å². The van der Waals surface area contributed by atoms with E-state index >= 15 is 0 Å². The number of halogens is 1. The quantitative estimate of drug-likeness (QED) is 0.787. The van der Waals surface area contributed by atoms with Gasteiger partial charge >= 0.3 is 0 Å². The van der Waals surface area contributed by atoms with Gasteiger partial charge in [0.2, 0.25) is 11.7 Å². The third-order valence-corrected chi connectivity index (χ3v) is 4.73. The molecule has 2 aromatic rings. The molecule has 5 heteroatoms. The third-order valence-electron chi connectivity index (χ3n) is 4.73. The van der Waals surface area contributed by atoms with Crippen LogP contribution in [0.1, 0.15) is 50.0 Å². The van der Waals surface area contributed by atoms with Crippen molar-refractivity contribution < 1.29 is 8.91 Å². The maximum Gasteiger partial charge on any atom is 0.241 e. The molecule has 1 heterocycles. The molecule has 0 unspecified atom stereocenters. The summed E-state index contributed by atoms with van der Waals surface area (Å²) in [5.74, 6) is 0.797. The van der Waals surface area contributed by atoms with Crippen LogP contribution < -0.4 is 0 Å². The van der Waals surface area contributed by atoms with E-state index in [1.807, 2.05) is 6.07 Å². The van der Waals surface area contributed by atoms with Gasteiger partial charge in [-0.3, -0.25) is 4.90 Å². The maximum absolute atomic E-state index is 13.7. The molecule has 1 saturated carbocycles. The van der Waals surface area contributed by atoms with Crippen LogP contribution in [-0.4, -0.2) is 28.1 Å². The highest BCUT2D eigenvalue weighted by Crippen LogP contribution is 2.23. The molecule has 0 spiro atoms. The molecule has 1 aliphatic rings. The summed E-state index contributed by atoms with van der Waals surface area (Å²) in [5.41, 5.74) is 1.27. The average Bonchev–Trinajstić information content (AvgIpc) is 2.83. The van der Waals surface area contributed by atoms with Crippen molar-refractivity contribution in [2.75, 3.05) is 7.05 Å². The lowest BCUT2D eigenvalue weighted by molar-refractivity contribution is 0.187. The zero-order valence-electron chi connectivity index (χ0n) is 13.9. The molecule has 1 aromatic carbocycles. The van der Waals surface area contributed by atoms with Crippen molar-refractivity contribution in [3.8, 4) is 11.4 Å². The SMILES string of the molecule is Cc1ccc(-c2noc(CN(C)C3CCCCCC3)n2)cc1F. The highest BCUT2D eigenvalue weighted by atomic mass is 19.1. The summed E-state index contributed by atoms with van der Waals surface area (Å²) in [6.45, 7) is 2.38. The topological polar surface area (TPSA) is 42.2 Å². The highest BCUT2D eigenvalue weighted by molar-refractivity contribution is 5.54. The first kappa shape index (κ1) is 16.1. The second-order valence-corrected chi connectivity index (χ2v) is 6.54.